The van der Waals surface area contributed by atoms with Crippen LogP contribution in [0.25, 0.3) is 0 Å². The van der Waals surface area contributed by atoms with Gasteiger partial charge in [-0.2, -0.15) is 0 Å². The molecule has 0 aliphatic heterocycles. The number of hydrogen-bond acceptors (Lipinski definition) is 3. The molecule has 1 aliphatic rings. The molecule has 0 aromatic carbocycles. The molecule has 0 spiro atoms. The molecular weight excluding hydrogens is 348 g/mol. The zero-order valence-corrected chi connectivity index (χ0v) is 12.8. The Morgan fingerprint density at radius 2 is 2.00 bits per heavy atom. The van der Waals surface area contributed by atoms with E-state index in [0.29, 0.717) is 24.7 Å². The maximum atomic E-state index is 11.2. The predicted molar refractivity (Wildman–Crippen MR) is 75.3 cm³/mol. The lowest BCUT2D eigenvalue weighted by molar-refractivity contribution is -0.120. The quantitative estimate of drug-likeness (QED) is 0.807. The Balaban J connectivity index is 2.13. The van der Waals surface area contributed by atoms with Gasteiger partial charge in [0.25, 0.3) is 0 Å². The first-order valence-electron chi connectivity index (χ1n) is 5.63. The maximum Gasteiger partial charge on any atom is 0.142 e. The Morgan fingerprint density at radius 1 is 1.35 bits per heavy atom. The van der Waals surface area contributed by atoms with Gasteiger partial charge in [0.1, 0.15) is 11.6 Å². The molecule has 0 N–H and O–H groups in total. The number of ketones is 1. The summed E-state index contributed by atoms with van der Waals surface area (Å²) in [5.74, 6) is 1.32. The molecule has 2 rings (SSSR count). The molecule has 0 saturated heterocycles. The van der Waals surface area contributed by atoms with Gasteiger partial charge in [0, 0.05) is 36.6 Å². The van der Waals surface area contributed by atoms with Gasteiger partial charge >= 0.3 is 0 Å². The molecule has 3 nitrogen and oxygen atoms in total. The van der Waals surface area contributed by atoms with Crippen molar-refractivity contribution in [2.24, 2.45) is 0 Å². The summed E-state index contributed by atoms with van der Waals surface area (Å²) in [4.78, 5) is 17.8. The topological polar surface area (TPSA) is 33.2 Å². The van der Waals surface area contributed by atoms with Crippen LogP contribution in [0, 0.1) is 0 Å². The average molecular weight is 362 g/mol. The number of Topliss-reactive ketones (excluding diaryl/α,β-unsaturated/α-hetero) is 1. The van der Waals surface area contributed by atoms with Gasteiger partial charge in [0.2, 0.25) is 0 Å². The number of nitrogens with zero attached hydrogens (tertiary/aromatic N) is 2. The number of aromatic nitrogens is 1. The monoisotopic (exact) mass is 360 g/mol. The zero-order valence-electron chi connectivity index (χ0n) is 9.62. The van der Waals surface area contributed by atoms with Crippen molar-refractivity contribution in [2.75, 3.05) is 11.9 Å². The number of carbonyl (C=O) groups is 1. The first-order valence-corrected chi connectivity index (χ1v) is 7.22. The van der Waals surface area contributed by atoms with Crippen molar-refractivity contribution in [1.82, 2.24) is 4.98 Å². The van der Waals surface area contributed by atoms with Crippen LogP contribution >= 0.6 is 31.9 Å². The molecule has 1 saturated carbocycles. The summed E-state index contributed by atoms with van der Waals surface area (Å²) in [5.41, 5.74) is 0. The standard InChI is InChI=1S/C12H14Br2N2O/c1-16(9-2-4-10(17)5-3-9)12-11(14)6-8(13)7-15-12/h6-7,9H,2-5H2,1H3. The van der Waals surface area contributed by atoms with Gasteiger partial charge in [0.05, 0.1) is 4.47 Å². The molecule has 0 amide bonds. The van der Waals surface area contributed by atoms with E-state index < -0.39 is 0 Å². The van der Waals surface area contributed by atoms with Crippen LogP contribution in [0.1, 0.15) is 25.7 Å². The molecule has 0 unspecified atom stereocenters. The van der Waals surface area contributed by atoms with Crippen molar-refractivity contribution < 1.29 is 4.79 Å². The number of rotatable bonds is 2. The lowest BCUT2D eigenvalue weighted by Crippen LogP contribution is -2.36. The van der Waals surface area contributed by atoms with Gasteiger partial charge in [-0.3, -0.25) is 4.79 Å². The number of pyridine rings is 1. The van der Waals surface area contributed by atoms with E-state index in [-0.39, 0.29) is 0 Å². The van der Waals surface area contributed by atoms with Gasteiger partial charge < -0.3 is 4.90 Å². The third kappa shape index (κ3) is 3.07. The largest absolute Gasteiger partial charge is 0.356 e. The summed E-state index contributed by atoms with van der Waals surface area (Å²) < 4.78 is 1.94. The Kier molecular flexibility index (Phi) is 4.20. The molecule has 1 aromatic heterocycles. The number of halogens is 2. The van der Waals surface area contributed by atoms with E-state index in [1.807, 2.05) is 13.1 Å². The van der Waals surface area contributed by atoms with Crippen molar-refractivity contribution in [1.29, 1.82) is 0 Å². The van der Waals surface area contributed by atoms with Crippen molar-refractivity contribution in [3.05, 3.63) is 21.2 Å². The van der Waals surface area contributed by atoms with Crippen LogP contribution in [0.15, 0.2) is 21.2 Å². The molecule has 1 aromatic rings. The van der Waals surface area contributed by atoms with E-state index in [4.69, 9.17) is 0 Å². The van der Waals surface area contributed by atoms with Gasteiger partial charge in [-0.15, -0.1) is 0 Å². The van der Waals surface area contributed by atoms with Crippen LogP contribution in [0.5, 0.6) is 0 Å². The molecule has 5 heteroatoms. The van der Waals surface area contributed by atoms with Crippen LogP contribution in [-0.2, 0) is 4.79 Å². The highest BCUT2D eigenvalue weighted by Crippen LogP contribution is 2.30. The normalized spacial score (nSPS) is 17.2. The fourth-order valence-electron chi connectivity index (χ4n) is 2.15. The Morgan fingerprint density at radius 3 is 2.59 bits per heavy atom. The van der Waals surface area contributed by atoms with Crippen LogP contribution in [0.3, 0.4) is 0 Å². The average Bonchev–Trinajstić information content (AvgIpc) is 2.29. The summed E-state index contributed by atoms with van der Waals surface area (Å²) in [5, 5.41) is 0. The minimum atomic E-state index is 0.387. The first kappa shape index (κ1) is 13.0. The highest BCUT2D eigenvalue weighted by molar-refractivity contribution is 9.11. The van der Waals surface area contributed by atoms with Crippen molar-refractivity contribution >= 4 is 43.5 Å². The fourth-order valence-corrected chi connectivity index (χ4v) is 3.42. The highest BCUT2D eigenvalue weighted by atomic mass is 79.9. The van der Waals surface area contributed by atoms with Crippen molar-refractivity contribution in [2.45, 2.75) is 31.7 Å². The summed E-state index contributed by atoms with van der Waals surface area (Å²) in [6.07, 6.45) is 5.05. The van der Waals surface area contributed by atoms with Gasteiger partial charge in [0.15, 0.2) is 0 Å². The second-order valence-electron chi connectivity index (χ2n) is 4.34. The number of hydrogen-bond donors (Lipinski definition) is 0. The summed E-state index contributed by atoms with van der Waals surface area (Å²) in [6.45, 7) is 0. The Hall–Kier alpha value is -0.420. The maximum absolute atomic E-state index is 11.2. The molecule has 17 heavy (non-hydrogen) atoms. The molecule has 92 valence electrons. The van der Waals surface area contributed by atoms with Crippen molar-refractivity contribution in [3.8, 4) is 0 Å². The number of anilines is 1. The first-order chi connectivity index (χ1) is 8.08. The smallest absolute Gasteiger partial charge is 0.142 e. The lowest BCUT2D eigenvalue weighted by atomic mass is 9.93. The summed E-state index contributed by atoms with van der Waals surface area (Å²) >= 11 is 6.92. The molecule has 1 heterocycles. The number of carbonyl (C=O) groups excluding carboxylic acids is 1. The van der Waals surface area contributed by atoms with Gasteiger partial charge in [-0.1, -0.05) is 0 Å². The van der Waals surface area contributed by atoms with Crippen LogP contribution in [0.2, 0.25) is 0 Å². The fraction of sp³-hybridized carbons (Fsp3) is 0.500. The second kappa shape index (κ2) is 5.48. The molecular formula is C12H14Br2N2O. The van der Waals surface area contributed by atoms with Crippen LogP contribution in [-0.4, -0.2) is 23.9 Å². The van der Waals surface area contributed by atoms with E-state index in [0.717, 1.165) is 27.6 Å². The molecule has 1 fully saturated rings. The summed E-state index contributed by atoms with van der Waals surface area (Å²) in [7, 11) is 2.04. The van der Waals surface area contributed by atoms with Crippen LogP contribution < -0.4 is 4.90 Å². The molecule has 0 radical (unpaired) electrons. The lowest BCUT2D eigenvalue weighted by Gasteiger charge is -2.32. The summed E-state index contributed by atoms with van der Waals surface area (Å²) in [6, 6.07) is 2.41. The molecule has 0 bridgehead atoms. The predicted octanol–water partition coefficient (Wildman–Crippen LogP) is 3.55. The third-order valence-corrected chi connectivity index (χ3v) is 4.20. The van der Waals surface area contributed by atoms with Gasteiger partial charge in [-0.05, 0) is 50.8 Å². The minimum Gasteiger partial charge on any atom is -0.356 e. The second-order valence-corrected chi connectivity index (χ2v) is 6.11. The molecule has 0 atom stereocenters. The van der Waals surface area contributed by atoms with Gasteiger partial charge in [-0.25, -0.2) is 4.98 Å². The van der Waals surface area contributed by atoms with E-state index in [9.17, 15) is 4.79 Å². The molecule has 1 aliphatic carbocycles. The third-order valence-electron chi connectivity index (χ3n) is 3.18. The SMILES string of the molecule is CN(c1ncc(Br)cc1Br)C1CCC(=O)CC1. The zero-order chi connectivity index (χ0) is 12.4. The van der Waals surface area contributed by atoms with E-state index >= 15 is 0 Å². The van der Waals surface area contributed by atoms with Crippen molar-refractivity contribution in [3.63, 3.8) is 0 Å². The van der Waals surface area contributed by atoms with E-state index in [1.54, 1.807) is 6.20 Å². The van der Waals surface area contributed by atoms with E-state index in [1.165, 1.54) is 0 Å². The highest BCUT2D eigenvalue weighted by Gasteiger charge is 2.24. The van der Waals surface area contributed by atoms with Crippen LogP contribution in [0.4, 0.5) is 5.82 Å². The Labute approximate surface area is 118 Å². The van der Waals surface area contributed by atoms with E-state index in [2.05, 4.69) is 41.7 Å². The Bertz CT molecular complexity index is 427. The minimum absolute atomic E-state index is 0.387.